The van der Waals surface area contributed by atoms with Crippen molar-refractivity contribution in [2.45, 2.75) is 63.1 Å². The minimum absolute atomic E-state index is 0.0198. The number of amides is 1. The lowest BCUT2D eigenvalue weighted by Gasteiger charge is -2.13. The largest absolute Gasteiger partial charge is 0.383 e. The summed E-state index contributed by atoms with van der Waals surface area (Å²) in [4.78, 5) is 25.0. The number of nitrogens with two attached hydrogens (primary N) is 1. The fourth-order valence-corrected chi connectivity index (χ4v) is 4.66. The van der Waals surface area contributed by atoms with Gasteiger partial charge in [-0.3, -0.25) is 4.79 Å². The molecule has 0 atom stereocenters. The van der Waals surface area contributed by atoms with Crippen LogP contribution >= 0.6 is 0 Å². The summed E-state index contributed by atoms with van der Waals surface area (Å²) >= 11 is 0. The van der Waals surface area contributed by atoms with Crippen molar-refractivity contribution in [1.82, 2.24) is 15.0 Å². The number of aromatic amines is 1. The third kappa shape index (κ3) is 4.25. The van der Waals surface area contributed by atoms with E-state index in [0.717, 1.165) is 36.8 Å². The molecule has 8 nitrogen and oxygen atoms in total. The predicted molar refractivity (Wildman–Crippen MR) is 130 cm³/mol. The van der Waals surface area contributed by atoms with Gasteiger partial charge in [0.05, 0.1) is 17.7 Å². The summed E-state index contributed by atoms with van der Waals surface area (Å²) in [6.45, 7) is 2.67. The van der Waals surface area contributed by atoms with Crippen molar-refractivity contribution >= 4 is 28.4 Å². The molecule has 1 amide bonds. The highest BCUT2D eigenvalue weighted by Gasteiger charge is 2.44. The van der Waals surface area contributed by atoms with Crippen molar-refractivity contribution in [3.05, 3.63) is 46.9 Å². The summed E-state index contributed by atoms with van der Waals surface area (Å²) < 4.78 is 5.12. The maximum absolute atomic E-state index is 12.9. The normalized spacial score (nSPS) is 17.9. The van der Waals surface area contributed by atoms with E-state index in [1.807, 2.05) is 12.1 Å². The summed E-state index contributed by atoms with van der Waals surface area (Å²) in [6, 6.07) is 7.37. The van der Waals surface area contributed by atoms with Crippen LogP contribution in [0.4, 0.5) is 11.5 Å². The van der Waals surface area contributed by atoms with E-state index in [1.165, 1.54) is 0 Å². The Balaban J connectivity index is 1.49. The van der Waals surface area contributed by atoms with Crippen molar-refractivity contribution in [1.29, 1.82) is 0 Å². The van der Waals surface area contributed by atoms with Crippen LogP contribution in [0, 0.1) is 11.8 Å². The lowest BCUT2D eigenvalue weighted by Crippen LogP contribution is -2.20. The van der Waals surface area contributed by atoms with Crippen LogP contribution in [0.2, 0.25) is 0 Å². The molecule has 2 aliphatic rings. The molecule has 0 saturated heterocycles. The molecule has 0 radical (unpaired) electrons. The number of nitrogens with one attached hydrogen (secondary N) is 2. The second-order valence-corrected chi connectivity index (χ2v) is 9.66. The van der Waals surface area contributed by atoms with Crippen molar-refractivity contribution in [3.8, 4) is 11.8 Å². The van der Waals surface area contributed by atoms with Crippen LogP contribution in [0.1, 0.15) is 72.9 Å². The molecule has 3 aromatic rings. The number of carbonyl (C=O) groups is 1. The van der Waals surface area contributed by atoms with Crippen LogP contribution in [0.15, 0.2) is 24.3 Å². The van der Waals surface area contributed by atoms with Crippen LogP contribution in [0.25, 0.3) is 11.0 Å². The van der Waals surface area contributed by atoms with Crippen LogP contribution < -0.4 is 11.1 Å². The zero-order valence-corrected chi connectivity index (χ0v) is 19.5. The minimum Gasteiger partial charge on any atom is -0.383 e. The van der Waals surface area contributed by atoms with Crippen molar-refractivity contribution in [2.75, 3.05) is 18.2 Å². The first-order chi connectivity index (χ1) is 16.3. The van der Waals surface area contributed by atoms with Gasteiger partial charge in [0, 0.05) is 18.4 Å². The van der Waals surface area contributed by atoms with Crippen molar-refractivity contribution in [2.24, 2.45) is 0 Å². The number of hydrogen-bond donors (Lipinski definition) is 4. The van der Waals surface area contributed by atoms with Crippen LogP contribution in [-0.2, 0) is 16.8 Å². The fraction of sp³-hybridized carbons (Fsp3) is 0.423. The molecule has 0 unspecified atom stereocenters. The first-order valence-electron chi connectivity index (χ1n) is 11.6. The van der Waals surface area contributed by atoms with Gasteiger partial charge in [0.1, 0.15) is 17.1 Å². The monoisotopic (exact) mass is 459 g/mol. The number of benzene rings is 1. The number of H-pyrrole nitrogens is 1. The van der Waals surface area contributed by atoms with E-state index in [-0.39, 0.29) is 17.1 Å². The molecule has 5 rings (SSSR count). The number of anilines is 2. The van der Waals surface area contributed by atoms with Crippen molar-refractivity contribution < 1.29 is 14.6 Å². The molecule has 2 fully saturated rings. The lowest BCUT2D eigenvalue weighted by atomic mass is 9.95. The Bertz CT molecular complexity index is 1310. The molecule has 2 aliphatic carbocycles. The zero-order chi connectivity index (χ0) is 23.9. The summed E-state index contributed by atoms with van der Waals surface area (Å²) in [7, 11) is 1.64. The highest BCUT2D eigenvalue weighted by atomic mass is 16.5. The Morgan fingerprint density at radius 3 is 2.56 bits per heavy atom. The summed E-state index contributed by atoms with van der Waals surface area (Å²) in [5, 5.41) is 14.2. The molecule has 5 N–H and O–H groups in total. The van der Waals surface area contributed by atoms with E-state index in [9.17, 15) is 9.90 Å². The summed E-state index contributed by atoms with van der Waals surface area (Å²) in [5.74, 6) is 6.03. The molecular formula is C26H29N5O3. The van der Waals surface area contributed by atoms with Gasteiger partial charge in [-0.1, -0.05) is 25.0 Å². The zero-order valence-electron chi connectivity index (χ0n) is 19.5. The van der Waals surface area contributed by atoms with Gasteiger partial charge in [-0.15, -0.1) is 0 Å². The van der Waals surface area contributed by atoms with Gasteiger partial charge in [0.15, 0.2) is 0 Å². The van der Waals surface area contributed by atoms with Gasteiger partial charge < -0.3 is 25.9 Å². The Hall–Kier alpha value is -3.41. The Labute approximate surface area is 198 Å². The van der Waals surface area contributed by atoms with Crippen LogP contribution in [-0.4, -0.2) is 38.7 Å². The molecule has 34 heavy (non-hydrogen) atoms. The topological polar surface area (TPSA) is 126 Å². The number of hydrogen-bond acceptors (Lipinski definition) is 6. The van der Waals surface area contributed by atoms with E-state index in [0.29, 0.717) is 41.9 Å². The Morgan fingerprint density at radius 1 is 1.21 bits per heavy atom. The number of nitrogens with zero attached hydrogens (tertiary/aromatic N) is 2. The number of methoxy groups -OCH3 is 1. The number of aromatic nitrogens is 3. The third-order valence-electron chi connectivity index (χ3n) is 6.86. The molecule has 8 heteroatoms. The fourth-order valence-electron chi connectivity index (χ4n) is 4.66. The number of nitrogen functional groups attached to an aromatic ring is 1. The third-order valence-corrected chi connectivity index (χ3v) is 6.86. The number of rotatable bonds is 5. The first-order valence-corrected chi connectivity index (χ1v) is 11.6. The average molecular weight is 460 g/mol. The van der Waals surface area contributed by atoms with Gasteiger partial charge in [0.25, 0.3) is 5.91 Å². The number of ether oxygens (including phenoxy) is 1. The van der Waals surface area contributed by atoms with E-state index >= 15 is 0 Å². The lowest BCUT2D eigenvalue weighted by molar-refractivity contribution is 0.101. The number of carbonyl (C=O) groups excluding carboxylic acids is 1. The van der Waals surface area contributed by atoms with Crippen LogP contribution in [0.5, 0.6) is 0 Å². The molecule has 0 spiro atoms. The first kappa shape index (κ1) is 22.4. The standard InChI is InChI=1S/C26H29N5O3/c1-25(13-14-25)20-18(9-12-26(33)10-3-4-11-26)29-22-19(20)21(27)30-23(31-22)24(32)28-17-7-5-16(6-8-17)15-34-2/h5-8,33H,3-4,10-11,13-15H2,1-2H3,(H,28,32)(H3,27,29,30,31). The Morgan fingerprint density at radius 2 is 1.91 bits per heavy atom. The second kappa shape index (κ2) is 8.42. The van der Waals surface area contributed by atoms with Crippen molar-refractivity contribution in [3.63, 3.8) is 0 Å². The maximum atomic E-state index is 12.9. The maximum Gasteiger partial charge on any atom is 0.293 e. The summed E-state index contributed by atoms with van der Waals surface area (Å²) in [6.07, 6.45) is 5.36. The van der Waals surface area contributed by atoms with E-state index in [1.54, 1.807) is 19.2 Å². The number of aliphatic hydroxyl groups is 1. The highest BCUT2D eigenvalue weighted by Crippen LogP contribution is 2.51. The molecule has 0 aliphatic heterocycles. The van der Waals surface area contributed by atoms with Gasteiger partial charge in [-0.2, -0.15) is 0 Å². The molecule has 0 bridgehead atoms. The number of fused-ring (bicyclic) bond motifs is 1. The van der Waals surface area contributed by atoms with Gasteiger partial charge in [-0.25, -0.2) is 9.97 Å². The molecule has 1 aromatic carbocycles. The Kier molecular flexibility index (Phi) is 5.54. The van der Waals surface area contributed by atoms with Gasteiger partial charge >= 0.3 is 0 Å². The molecule has 2 aromatic heterocycles. The molecule has 176 valence electrons. The quantitative estimate of drug-likeness (QED) is 0.432. The van der Waals surface area contributed by atoms with Gasteiger partial charge in [0.2, 0.25) is 5.82 Å². The summed E-state index contributed by atoms with van der Waals surface area (Å²) in [5.41, 5.74) is 9.15. The molecule has 2 saturated carbocycles. The van der Waals surface area contributed by atoms with Gasteiger partial charge in [-0.05, 0) is 67.6 Å². The van der Waals surface area contributed by atoms with Crippen LogP contribution in [0.3, 0.4) is 0 Å². The smallest absolute Gasteiger partial charge is 0.293 e. The SMILES string of the molecule is COCc1ccc(NC(=O)c2nc(N)c3c(C4(C)CC4)c(C#CC4(O)CCCC4)[nH]c3n2)cc1. The second-order valence-electron chi connectivity index (χ2n) is 9.66. The highest BCUT2D eigenvalue weighted by molar-refractivity contribution is 6.04. The van der Waals surface area contributed by atoms with E-state index in [2.05, 4.69) is 39.0 Å². The molecular weight excluding hydrogens is 430 g/mol. The van der Waals surface area contributed by atoms with E-state index in [4.69, 9.17) is 10.5 Å². The predicted octanol–water partition coefficient (Wildman–Crippen LogP) is 3.65. The minimum atomic E-state index is -0.944. The van der Waals surface area contributed by atoms with E-state index < -0.39 is 11.5 Å². The molecule has 2 heterocycles. The average Bonchev–Trinajstić information content (AvgIpc) is 3.22.